The molecule has 0 N–H and O–H groups in total. The second-order valence-corrected chi connectivity index (χ2v) is 10.5. The number of hydrogen-bond acceptors (Lipinski definition) is 7. The van der Waals surface area contributed by atoms with Crippen LogP contribution in [0.1, 0.15) is 44.4 Å². The number of carbonyl (C=O) groups excluding carboxylic acids is 5. The molecule has 5 rings (SSSR count). The predicted octanol–water partition coefficient (Wildman–Crippen LogP) is 5.01. The van der Waals surface area contributed by atoms with Crippen molar-refractivity contribution < 1.29 is 33.4 Å². The van der Waals surface area contributed by atoms with Crippen LogP contribution < -0.4 is 9.47 Å². The van der Waals surface area contributed by atoms with Gasteiger partial charge in [0.15, 0.2) is 5.78 Å². The van der Waals surface area contributed by atoms with Gasteiger partial charge in [0.05, 0.1) is 35.1 Å². The number of ketones is 1. The molecule has 0 aromatic heterocycles. The largest absolute Gasteiger partial charge is 0.497 e. The fourth-order valence-corrected chi connectivity index (χ4v) is 5.44. The van der Waals surface area contributed by atoms with Crippen LogP contribution in [0, 0.1) is 17.8 Å². The minimum atomic E-state index is -0.751. The maximum atomic E-state index is 13.7. The molecule has 3 aromatic carbocycles. The van der Waals surface area contributed by atoms with Crippen molar-refractivity contribution in [3.8, 4) is 11.5 Å². The van der Waals surface area contributed by atoms with E-state index in [-0.39, 0.29) is 33.4 Å². The van der Waals surface area contributed by atoms with E-state index in [4.69, 9.17) is 21.1 Å². The molecular formula is C32H27ClN2O7. The fraction of sp³-hybridized carbons (Fsp3) is 0.219. The van der Waals surface area contributed by atoms with E-state index in [0.717, 1.165) is 10.0 Å². The van der Waals surface area contributed by atoms with E-state index in [1.54, 1.807) is 36.4 Å². The van der Waals surface area contributed by atoms with Crippen LogP contribution in [0.3, 0.4) is 0 Å². The summed E-state index contributed by atoms with van der Waals surface area (Å²) in [6.07, 6.45) is 4.10. The van der Waals surface area contributed by atoms with E-state index in [9.17, 15) is 24.0 Å². The van der Waals surface area contributed by atoms with Crippen molar-refractivity contribution in [1.82, 2.24) is 10.0 Å². The van der Waals surface area contributed by atoms with Gasteiger partial charge in [0.25, 0.3) is 17.7 Å². The first-order valence-electron chi connectivity index (χ1n) is 13.3. The highest BCUT2D eigenvalue weighted by Crippen LogP contribution is 2.39. The molecule has 214 valence electrons. The normalized spacial score (nSPS) is 19.3. The fourth-order valence-electron chi connectivity index (χ4n) is 5.23. The van der Waals surface area contributed by atoms with Gasteiger partial charge in [-0.3, -0.25) is 19.2 Å². The van der Waals surface area contributed by atoms with Gasteiger partial charge in [-0.1, -0.05) is 48.9 Å². The number of ether oxygens (including phenoxy) is 2. The lowest BCUT2D eigenvalue weighted by Gasteiger charge is -2.30. The minimum Gasteiger partial charge on any atom is -0.497 e. The van der Waals surface area contributed by atoms with Gasteiger partial charge in [-0.2, -0.15) is 5.01 Å². The van der Waals surface area contributed by atoms with Crippen molar-refractivity contribution in [2.45, 2.75) is 13.3 Å². The molecule has 42 heavy (non-hydrogen) atoms. The Labute approximate surface area is 247 Å². The maximum absolute atomic E-state index is 13.7. The molecule has 3 atom stereocenters. The molecule has 1 aliphatic carbocycles. The number of nitrogens with zero attached hydrogens (tertiary/aromatic N) is 2. The number of allylic oxidation sites excluding steroid dienone is 2. The maximum Gasteiger partial charge on any atom is 0.343 e. The van der Waals surface area contributed by atoms with E-state index in [1.807, 2.05) is 19.1 Å². The summed E-state index contributed by atoms with van der Waals surface area (Å²) in [5.41, 5.74) is 0.515. The van der Waals surface area contributed by atoms with E-state index in [1.165, 1.54) is 43.5 Å². The van der Waals surface area contributed by atoms with Crippen molar-refractivity contribution in [2.24, 2.45) is 17.8 Å². The summed E-state index contributed by atoms with van der Waals surface area (Å²) >= 11 is 6.28. The molecule has 1 fully saturated rings. The second kappa shape index (κ2) is 12.0. The Bertz CT molecular complexity index is 1600. The summed E-state index contributed by atoms with van der Waals surface area (Å²) in [6.45, 7) is 1.25. The average molecular weight is 587 g/mol. The van der Waals surface area contributed by atoms with Crippen LogP contribution in [0.2, 0.25) is 5.02 Å². The molecule has 0 spiro atoms. The molecule has 1 heterocycles. The zero-order chi connectivity index (χ0) is 30.0. The number of methoxy groups -OCH3 is 1. The third kappa shape index (κ3) is 5.56. The quantitative estimate of drug-likeness (QED) is 0.120. The van der Waals surface area contributed by atoms with E-state index < -0.39 is 47.9 Å². The first kappa shape index (κ1) is 28.8. The minimum absolute atomic E-state index is 0.0495. The van der Waals surface area contributed by atoms with Gasteiger partial charge in [0.1, 0.15) is 18.0 Å². The van der Waals surface area contributed by atoms with E-state index >= 15 is 0 Å². The third-order valence-electron chi connectivity index (χ3n) is 7.42. The molecule has 9 nitrogen and oxygen atoms in total. The molecule has 1 saturated heterocycles. The Morgan fingerprint density at radius 2 is 1.67 bits per heavy atom. The zero-order valence-corrected chi connectivity index (χ0v) is 23.6. The zero-order valence-electron chi connectivity index (χ0n) is 22.9. The summed E-state index contributed by atoms with van der Waals surface area (Å²) in [5, 5.41) is 1.82. The Morgan fingerprint density at radius 3 is 2.36 bits per heavy atom. The van der Waals surface area contributed by atoms with Crippen molar-refractivity contribution in [1.29, 1.82) is 0 Å². The molecule has 0 bridgehead atoms. The lowest BCUT2D eigenvalue weighted by atomic mass is 9.78. The average Bonchev–Trinajstić information content (AvgIpc) is 3.26. The third-order valence-corrected chi connectivity index (χ3v) is 7.74. The number of benzene rings is 3. The van der Waals surface area contributed by atoms with Crippen molar-refractivity contribution >= 4 is 41.1 Å². The standard InChI is InChI=1S/C32H27ClN2O7/c1-19-7-5-11-25-28(19)31(39)35(30(25)38)34(29(37)24-10-3-4-12-26(24)33)18-27(36)20-13-15-22(16-14-20)42-32(40)21-8-6-9-23(17-21)41-2/h3-10,12-17,19,25,28H,11,18H2,1-2H3/t19-,25-,28-/m1/s1. The SMILES string of the molecule is COc1cccc(C(=O)Oc2ccc(C(=O)CN(C(=O)c3ccccc3Cl)N3C(=O)[C@@H]4[C@H](C)C=CC[C@H]4C3=O)cc2)c1. The number of carbonyl (C=O) groups is 5. The number of rotatable bonds is 8. The Balaban J connectivity index is 1.38. The summed E-state index contributed by atoms with van der Waals surface area (Å²) in [4.78, 5) is 66.7. The van der Waals surface area contributed by atoms with Crippen molar-refractivity contribution in [3.05, 3.63) is 107 Å². The summed E-state index contributed by atoms with van der Waals surface area (Å²) in [5.74, 6) is -3.72. The van der Waals surface area contributed by atoms with Crippen LogP contribution in [0.15, 0.2) is 84.9 Å². The summed E-state index contributed by atoms with van der Waals surface area (Å²) in [6, 6.07) is 18.5. The van der Waals surface area contributed by atoms with E-state index in [2.05, 4.69) is 0 Å². The van der Waals surface area contributed by atoms with Crippen molar-refractivity contribution in [3.63, 3.8) is 0 Å². The number of halogens is 1. The number of Topliss-reactive ketones (excluding diaryl/α,β-unsaturated/α-hetero) is 1. The summed E-state index contributed by atoms with van der Waals surface area (Å²) < 4.78 is 10.5. The molecule has 3 amide bonds. The highest BCUT2D eigenvalue weighted by Gasteiger charge is 2.53. The second-order valence-electron chi connectivity index (χ2n) is 10.1. The predicted molar refractivity (Wildman–Crippen MR) is 153 cm³/mol. The monoisotopic (exact) mass is 586 g/mol. The number of esters is 1. The van der Waals surface area contributed by atoms with Crippen LogP contribution in [-0.4, -0.2) is 53.1 Å². The number of fused-ring (bicyclic) bond motifs is 1. The summed E-state index contributed by atoms with van der Waals surface area (Å²) in [7, 11) is 1.49. The van der Waals surface area contributed by atoms with Gasteiger partial charge < -0.3 is 9.47 Å². The smallest absolute Gasteiger partial charge is 0.343 e. The van der Waals surface area contributed by atoms with Gasteiger partial charge in [-0.15, -0.1) is 0 Å². The topological polar surface area (TPSA) is 110 Å². The lowest BCUT2D eigenvalue weighted by Crippen LogP contribution is -2.52. The molecule has 0 saturated carbocycles. The highest BCUT2D eigenvalue weighted by molar-refractivity contribution is 6.34. The Morgan fingerprint density at radius 1 is 0.929 bits per heavy atom. The first-order chi connectivity index (χ1) is 20.2. The number of hydrazine groups is 1. The van der Waals surface area contributed by atoms with Gasteiger partial charge in [0.2, 0.25) is 0 Å². The first-order valence-corrected chi connectivity index (χ1v) is 13.7. The van der Waals surface area contributed by atoms with Crippen LogP contribution in [0.4, 0.5) is 0 Å². The number of hydrogen-bond donors (Lipinski definition) is 0. The van der Waals surface area contributed by atoms with Crippen molar-refractivity contribution in [2.75, 3.05) is 13.7 Å². The van der Waals surface area contributed by atoms with Gasteiger partial charge >= 0.3 is 5.97 Å². The molecule has 1 aliphatic heterocycles. The highest BCUT2D eigenvalue weighted by atomic mass is 35.5. The Kier molecular flexibility index (Phi) is 8.22. The molecule has 2 aliphatic rings. The molecule has 10 heteroatoms. The molecule has 0 radical (unpaired) electrons. The van der Waals surface area contributed by atoms with Gasteiger partial charge in [-0.05, 0) is 66.9 Å². The lowest BCUT2D eigenvalue weighted by molar-refractivity contribution is -0.154. The molecular weight excluding hydrogens is 560 g/mol. The van der Waals surface area contributed by atoms with Crippen LogP contribution in [-0.2, 0) is 9.59 Å². The Hall–Kier alpha value is -4.76. The number of amides is 3. The molecule has 0 unspecified atom stereocenters. The number of imide groups is 1. The molecule has 3 aromatic rings. The van der Waals surface area contributed by atoms with E-state index in [0.29, 0.717) is 12.2 Å². The van der Waals surface area contributed by atoms with Crippen LogP contribution >= 0.6 is 11.6 Å². The van der Waals surface area contributed by atoms with Gasteiger partial charge in [-0.25, -0.2) is 9.80 Å². The van der Waals surface area contributed by atoms with Crippen LogP contribution in [0.25, 0.3) is 0 Å². The van der Waals surface area contributed by atoms with Gasteiger partial charge in [0, 0.05) is 5.56 Å². The van der Waals surface area contributed by atoms with Crippen LogP contribution in [0.5, 0.6) is 11.5 Å².